The summed E-state index contributed by atoms with van der Waals surface area (Å²) in [5.74, 6) is 0.0757. The molecule has 1 aliphatic heterocycles. The normalized spacial score (nSPS) is 16.2. The molecule has 1 N–H and O–H groups in total. The van der Waals surface area contributed by atoms with Gasteiger partial charge in [-0.05, 0) is 48.6 Å². The van der Waals surface area contributed by atoms with Crippen molar-refractivity contribution in [3.8, 4) is 0 Å². The maximum absolute atomic E-state index is 12.3. The number of thiophene rings is 1. The molecule has 2 heterocycles. The highest BCUT2D eigenvalue weighted by atomic mass is 32.1. The molecule has 0 spiro atoms. The van der Waals surface area contributed by atoms with Crippen LogP contribution < -0.4 is 5.32 Å². The molecule has 1 saturated heterocycles. The quantitative estimate of drug-likeness (QED) is 0.906. The summed E-state index contributed by atoms with van der Waals surface area (Å²) < 4.78 is 0. The zero-order chi connectivity index (χ0) is 16.9. The lowest BCUT2D eigenvalue weighted by molar-refractivity contribution is -0.117. The minimum Gasteiger partial charge on any atom is -0.325 e. The Balaban J connectivity index is 1.44. The molecular weight excluding hydrogens is 318 g/mol. The second-order valence-electron chi connectivity index (χ2n) is 6.56. The molecule has 1 amide bonds. The van der Waals surface area contributed by atoms with Gasteiger partial charge < -0.3 is 5.32 Å². The zero-order valence-corrected chi connectivity index (χ0v) is 15.2. The molecule has 0 saturated carbocycles. The third-order valence-corrected chi connectivity index (χ3v) is 5.16. The average molecular weight is 343 g/mol. The standard InChI is InChI=1S/C19H25N3OS/c1-15-10-16(2)12-17(11-15)20-19(23)14-22-7-5-21(6-8-22)13-18-4-3-9-24-18/h3-4,9-12H,5-8,13-14H2,1-2H3,(H,20,23). The highest BCUT2D eigenvalue weighted by molar-refractivity contribution is 7.09. The van der Waals surface area contributed by atoms with Crippen molar-refractivity contribution in [2.75, 3.05) is 38.0 Å². The summed E-state index contributed by atoms with van der Waals surface area (Å²) in [7, 11) is 0. The number of nitrogens with zero attached hydrogens (tertiary/aromatic N) is 2. The number of anilines is 1. The highest BCUT2D eigenvalue weighted by Gasteiger charge is 2.19. The van der Waals surface area contributed by atoms with Crippen LogP contribution in [0.25, 0.3) is 0 Å². The molecular formula is C19H25N3OS. The number of carbonyl (C=O) groups is 1. The van der Waals surface area contributed by atoms with E-state index in [2.05, 4.69) is 52.5 Å². The van der Waals surface area contributed by atoms with Crippen molar-refractivity contribution in [2.24, 2.45) is 0 Å². The minimum atomic E-state index is 0.0757. The van der Waals surface area contributed by atoms with Crippen molar-refractivity contribution in [1.82, 2.24) is 9.80 Å². The molecule has 0 bridgehead atoms. The second kappa shape index (κ2) is 7.92. The second-order valence-corrected chi connectivity index (χ2v) is 7.59. The molecule has 1 aliphatic rings. The molecule has 4 nitrogen and oxygen atoms in total. The van der Waals surface area contributed by atoms with E-state index in [1.807, 2.05) is 23.5 Å². The molecule has 0 radical (unpaired) electrons. The van der Waals surface area contributed by atoms with Crippen molar-refractivity contribution in [1.29, 1.82) is 0 Å². The number of amides is 1. The third kappa shape index (κ3) is 4.90. The van der Waals surface area contributed by atoms with E-state index in [0.29, 0.717) is 6.54 Å². The van der Waals surface area contributed by atoms with Crippen molar-refractivity contribution in [2.45, 2.75) is 20.4 Å². The zero-order valence-electron chi connectivity index (χ0n) is 14.4. The van der Waals surface area contributed by atoms with E-state index in [9.17, 15) is 4.79 Å². The van der Waals surface area contributed by atoms with E-state index in [1.54, 1.807) is 0 Å². The third-order valence-electron chi connectivity index (χ3n) is 4.30. The van der Waals surface area contributed by atoms with Gasteiger partial charge in [0.1, 0.15) is 0 Å². The van der Waals surface area contributed by atoms with E-state index in [1.165, 1.54) is 16.0 Å². The fraction of sp³-hybridized carbons (Fsp3) is 0.421. The fourth-order valence-electron chi connectivity index (χ4n) is 3.18. The molecule has 128 valence electrons. The maximum Gasteiger partial charge on any atom is 0.238 e. The Bertz CT molecular complexity index is 656. The van der Waals surface area contributed by atoms with Crippen molar-refractivity contribution in [3.05, 3.63) is 51.7 Å². The first-order valence-corrected chi connectivity index (χ1v) is 9.32. The summed E-state index contributed by atoms with van der Waals surface area (Å²) in [4.78, 5) is 18.4. The van der Waals surface area contributed by atoms with Crippen LogP contribution in [0.4, 0.5) is 5.69 Å². The van der Waals surface area contributed by atoms with Crippen LogP contribution in [0, 0.1) is 13.8 Å². The van der Waals surface area contributed by atoms with Crippen LogP contribution >= 0.6 is 11.3 Å². The van der Waals surface area contributed by atoms with Crippen LogP contribution in [0.5, 0.6) is 0 Å². The lowest BCUT2D eigenvalue weighted by Crippen LogP contribution is -2.48. The number of hydrogen-bond acceptors (Lipinski definition) is 4. The molecule has 1 aromatic carbocycles. The molecule has 24 heavy (non-hydrogen) atoms. The van der Waals surface area contributed by atoms with E-state index in [0.717, 1.165) is 38.4 Å². The Morgan fingerprint density at radius 1 is 1.08 bits per heavy atom. The van der Waals surface area contributed by atoms with E-state index in [-0.39, 0.29) is 5.91 Å². The Morgan fingerprint density at radius 2 is 1.75 bits per heavy atom. The van der Waals surface area contributed by atoms with Gasteiger partial charge in [-0.25, -0.2) is 0 Å². The van der Waals surface area contributed by atoms with Gasteiger partial charge >= 0.3 is 0 Å². The van der Waals surface area contributed by atoms with Crippen LogP contribution in [0.1, 0.15) is 16.0 Å². The van der Waals surface area contributed by atoms with E-state index >= 15 is 0 Å². The summed E-state index contributed by atoms with van der Waals surface area (Å²) in [6, 6.07) is 10.4. The highest BCUT2D eigenvalue weighted by Crippen LogP contribution is 2.15. The number of rotatable bonds is 5. The van der Waals surface area contributed by atoms with Crippen molar-refractivity contribution in [3.63, 3.8) is 0 Å². The number of aryl methyl sites for hydroxylation is 2. The maximum atomic E-state index is 12.3. The van der Waals surface area contributed by atoms with Gasteiger partial charge in [-0.1, -0.05) is 12.1 Å². The van der Waals surface area contributed by atoms with Gasteiger partial charge in [0.2, 0.25) is 5.91 Å². The van der Waals surface area contributed by atoms with Gasteiger partial charge in [0.25, 0.3) is 0 Å². The fourth-order valence-corrected chi connectivity index (χ4v) is 3.93. The smallest absolute Gasteiger partial charge is 0.238 e. The number of benzene rings is 1. The van der Waals surface area contributed by atoms with Gasteiger partial charge in [0.15, 0.2) is 0 Å². The molecule has 0 unspecified atom stereocenters. The Morgan fingerprint density at radius 3 is 2.38 bits per heavy atom. The summed E-state index contributed by atoms with van der Waals surface area (Å²) in [6.07, 6.45) is 0. The summed E-state index contributed by atoms with van der Waals surface area (Å²) in [5, 5.41) is 5.15. The van der Waals surface area contributed by atoms with Crippen LogP contribution in [-0.4, -0.2) is 48.4 Å². The predicted octanol–water partition coefficient (Wildman–Crippen LogP) is 3.12. The molecule has 1 fully saturated rings. The van der Waals surface area contributed by atoms with Crippen molar-refractivity contribution < 1.29 is 4.79 Å². The molecule has 5 heteroatoms. The number of nitrogens with one attached hydrogen (secondary N) is 1. The van der Waals surface area contributed by atoms with E-state index in [4.69, 9.17) is 0 Å². The lowest BCUT2D eigenvalue weighted by Gasteiger charge is -2.34. The minimum absolute atomic E-state index is 0.0757. The molecule has 1 aromatic heterocycles. The van der Waals surface area contributed by atoms with Gasteiger partial charge in [-0.3, -0.25) is 14.6 Å². The summed E-state index contributed by atoms with van der Waals surface area (Å²) in [5.41, 5.74) is 3.24. The largest absolute Gasteiger partial charge is 0.325 e. The molecule has 3 rings (SSSR count). The Kier molecular flexibility index (Phi) is 5.66. The molecule has 0 aliphatic carbocycles. The molecule has 2 aromatic rings. The first-order chi connectivity index (χ1) is 11.6. The number of carbonyl (C=O) groups excluding carboxylic acids is 1. The topological polar surface area (TPSA) is 35.6 Å². The average Bonchev–Trinajstić information content (AvgIpc) is 3.01. The van der Waals surface area contributed by atoms with Crippen LogP contribution in [0.15, 0.2) is 35.7 Å². The van der Waals surface area contributed by atoms with Crippen molar-refractivity contribution >= 4 is 22.9 Å². The number of hydrogen-bond donors (Lipinski definition) is 1. The van der Waals surface area contributed by atoms with Crippen LogP contribution in [0.2, 0.25) is 0 Å². The van der Waals surface area contributed by atoms with Gasteiger partial charge in [0, 0.05) is 43.3 Å². The summed E-state index contributed by atoms with van der Waals surface area (Å²) in [6.45, 7) is 9.55. The molecule has 0 atom stereocenters. The van der Waals surface area contributed by atoms with Gasteiger partial charge in [-0.2, -0.15) is 0 Å². The van der Waals surface area contributed by atoms with Gasteiger partial charge in [-0.15, -0.1) is 11.3 Å². The lowest BCUT2D eigenvalue weighted by atomic mass is 10.1. The van der Waals surface area contributed by atoms with Crippen LogP contribution in [-0.2, 0) is 11.3 Å². The van der Waals surface area contributed by atoms with E-state index < -0.39 is 0 Å². The monoisotopic (exact) mass is 343 g/mol. The Hall–Kier alpha value is -1.69. The number of piperazine rings is 1. The summed E-state index contributed by atoms with van der Waals surface area (Å²) >= 11 is 1.81. The predicted molar refractivity (Wildman–Crippen MR) is 101 cm³/mol. The first kappa shape index (κ1) is 17.1. The SMILES string of the molecule is Cc1cc(C)cc(NC(=O)CN2CCN(Cc3cccs3)CC2)c1. The van der Waals surface area contributed by atoms with Crippen LogP contribution in [0.3, 0.4) is 0 Å². The first-order valence-electron chi connectivity index (χ1n) is 8.44. The van der Waals surface area contributed by atoms with Gasteiger partial charge in [0.05, 0.1) is 6.54 Å². The Labute approximate surface area is 148 Å².